The monoisotopic (exact) mass is 1030 g/mol. The second-order valence-electron chi connectivity index (χ2n) is 14.0. The Bertz CT molecular complexity index is 1510. The highest BCUT2D eigenvalue weighted by Crippen LogP contribution is 2.17. The molecule has 6 amide bonds. The van der Waals surface area contributed by atoms with Crippen LogP contribution in [0.2, 0.25) is 0 Å². The highest BCUT2D eigenvalue weighted by atomic mass is 79.9. The Hall–Kier alpha value is -4.33. The molecule has 0 spiro atoms. The van der Waals surface area contributed by atoms with Crippen molar-refractivity contribution in [1.29, 1.82) is 0 Å². The van der Waals surface area contributed by atoms with E-state index in [1.165, 1.54) is 0 Å². The Balaban J connectivity index is 4.85. The number of nitrogens with zero attached hydrogens (tertiary/aromatic N) is 1. The number of hydrogen-bond donors (Lipinski definition) is 7. The van der Waals surface area contributed by atoms with Crippen molar-refractivity contribution in [3.8, 4) is 0 Å². The molecule has 0 aliphatic carbocycles. The zero-order valence-corrected chi connectivity index (χ0v) is 39.2. The van der Waals surface area contributed by atoms with Crippen molar-refractivity contribution in [2.24, 2.45) is 11.8 Å². The van der Waals surface area contributed by atoms with Crippen LogP contribution in [0.15, 0.2) is 0 Å². The highest BCUT2D eigenvalue weighted by molar-refractivity contribution is 9.09. The SMILES string of the molecule is O=C(O)CC[C@@H](CC(=O)COCCOCCNC(=O)CC[C@@H](CC(=O)COCCOCCNC(=O)CBr)C(=O)O)C(=O)N(CC(=O)CCCNC(=O)CCl)CC(=O)NCCNC(=O)CCl. The van der Waals surface area contributed by atoms with Crippen LogP contribution < -0.4 is 26.6 Å². The average molecular weight is 1040 g/mol. The number of Topliss-reactive ketones (excluding diaryl/α,β-unsaturated/α-hetero) is 3. The smallest absolute Gasteiger partial charge is 0.306 e. The molecule has 0 saturated heterocycles. The zero-order chi connectivity index (χ0) is 48.8. The number of hydrogen-bond acceptors (Lipinski definition) is 15. The van der Waals surface area contributed by atoms with Crippen LogP contribution in [-0.2, 0) is 71.7 Å². The van der Waals surface area contributed by atoms with Gasteiger partial charge in [-0.25, -0.2) is 0 Å². The molecule has 2 atom stereocenters. The van der Waals surface area contributed by atoms with E-state index in [0.717, 1.165) is 4.90 Å². The van der Waals surface area contributed by atoms with Crippen molar-refractivity contribution >= 4 is 104 Å². The van der Waals surface area contributed by atoms with E-state index in [0.29, 0.717) is 6.54 Å². The first kappa shape index (κ1) is 60.7. The fourth-order valence-corrected chi connectivity index (χ4v) is 5.76. The molecule has 370 valence electrons. The Morgan fingerprint density at radius 1 is 0.508 bits per heavy atom. The Morgan fingerprint density at radius 2 is 0.985 bits per heavy atom. The number of carboxylic acid groups (broad SMARTS) is 2. The summed E-state index contributed by atoms with van der Waals surface area (Å²) < 4.78 is 21.2. The minimum atomic E-state index is -1.25. The number of rotatable bonds is 42. The summed E-state index contributed by atoms with van der Waals surface area (Å²) in [5, 5.41) is 31.6. The number of halogens is 3. The van der Waals surface area contributed by atoms with Crippen LogP contribution in [0, 0.1) is 11.8 Å². The van der Waals surface area contributed by atoms with E-state index >= 15 is 0 Å². The maximum atomic E-state index is 13.7. The Morgan fingerprint density at radius 3 is 1.51 bits per heavy atom. The van der Waals surface area contributed by atoms with E-state index in [1.54, 1.807) is 0 Å². The zero-order valence-electron chi connectivity index (χ0n) is 36.1. The predicted molar refractivity (Wildman–Crippen MR) is 234 cm³/mol. The minimum absolute atomic E-state index is 0.00630. The summed E-state index contributed by atoms with van der Waals surface area (Å²) in [6.45, 7) is -1.02. The topological polar surface area (TPSA) is 329 Å². The molecular formula is C39H61BrCl2N6O17. The number of aliphatic carboxylic acids is 2. The fraction of sp³-hybridized carbons (Fsp3) is 0.718. The molecule has 0 aromatic rings. The van der Waals surface area contributed by atoms with Crippen LogP contribution in [0.25, 0.3) is 0 Å². The third kappa shape index (κ3) is 34.7. The molecule has 0 aromatic heterocycles. The highest BCUT2D eigenvalue weighted by Gasteiger charge is 2.30. The normalized spacial score (nSPS) is 11.7. The lowest BCUT2D eigenvalue weighted by atomic mass is 9.95. The largest absolute Gasteiger partial charge is 0.481 e. The van der Waals surface area contributed by atoms with Gasteiger partial charge in [0.1, 0.15) is 25.0 Å². The van der Waals surface area contributed by atoms with E-state index in [2.05, 4.69) is 42.5 Å². The van der Waals surface area contributed by atoms with Crippen LogP contribution in [0.1, 0.15) is 51.4 Å². The average Bonchev–Trinajstić information content (AvgIpc) is 3.27. The van der Waals surface area contributed by atoms with Gasteiger partial charge in [-0.05, 0) is 19.3 Å². The van der Waals surface area contributed by atoms with E-state index in [9.17, 15) is 63.0 Å². The van der Waals surface area contributed by atoms with Crippen molar-refractivity contribution in [2.45, 2.75) is 51.4 Å². The summed E-state index contributed by atoms with van der Waals surface area (Å²) in [5.74, 6) is -9.97. The van der Waals surface area contributed by atoms with Gasteiger partial charge in [0, 0.05) is 70.7 Å². The molecule has 23 nitrogen and oxygen atoms in total. The lowest BCUT2D eigenvalue weighted by Crippen LogP contribution is -2.47. The molecule has 0 fully saturated rings. The van der Waals surface area contributed by atoms with Gasteiger partial charge in [0.2, 0.25) is 35.4 Å². The van der Waals surface area contributed by atoms with Gasteiger partial charge in [0.05, 0.1) is 64.0 Å². The molecule has 7 N–H and O–H groups in total. The molecule has 26 heteroatoms. The minimum Gasteiger partial charge on any atom is -0.481 e. The van der Waals surface area contributed by atoms with Crippen molar-refractivity contribution in [3.63, 3.8) is 0 Å². The van der Waals surface area contributed by atoms with E-state index in [1.807, 2.05) is 0 Å². The summed E-state index contributed by atoms with van der Waals surface area (Å²) in [7, 11) is 0. The molecular weight excluding hydrogens is 975 g/mol. The molecule has 0 aliphatic heterocycles. The van der Waals surface area contributed by atoms with Gasteiger partial charge in [-0.3, -0.25) is 52.7 Å². The quantitative estimate of drug-likeness (QED) is 0.0272. The molecule has 0 rings (SSSR count). The van der Waals surface area contributed by atoms with Crippen LogP contribution in [0.5, 0.6) is 0 Å². The lowest BCUT2D eigenvalue weighted by Gasteiger charge is -2.26. The second kappa shape index (κ2) is 38.9. The first-order valence-corrected chi connectivity index (χ1v) is 22.8. The van der Waals surface area contributed by atoms with Gasteiger partial charge in [0.25, 0.3) is 0 Å². The molecule has 0 aromatic carbocycles. The summed E-state index contributed by atoms with van der Waals surface area (Å²) in [6, 6.07) is 0. The van der Waals surface area contributed by atoms with Gasteiger partial charge in [0.15, 0.2) is 17.3 Å². The molecule has 0 saturated carbocycles. The number of ketones is 3. The summed E-state index contributed by atoms with van der Waals surface area (Å²) >= 11 is 13.9. The number of carbonyl (C=O) groups is 11. The number of carboxylic acids is 2. The van der Waals surface area contributed by atoms with Crippen LogP contribution >= 0.6 is 39.1 Å². The molecule has 0 unspecified atom stereocenters. The molecule has 0 bridgehead atoms. The maximum absolute atomic E-state index is 13.7. The number of alkyl halides is 3. The number of nitrogens with one attached hydrogen (secondary N) is 5. The summed E-state index contributed by atoms with van der Waals surface area (Å²) in [4.78, 5) is 135. The molecule has 0 heterocycles. The van der Waals surface area contributed by atoms with Crippen LogP contribution in [0.4, 0.5) is 0 Å². The second-order valence-corrected chi connectivity index (χ2v) is 15.1. The first-order chi connectivity index (χ1) is 31.0. The van der Waals surface area contributed by atoms with Gasteiger partial charge in [-0.1, -0.05) is 15.9 Å². The summed E-state index contributed by atoms with van der Waals surface area (Å²) in [5.41, 5.74) is 0. The Kier molecular flexibility index (Phi) is 36.3. The third-order valence-corrected chi connectivity index (χ3v) is 9.58. The van der Waals surface area contributed by atoms with Crippen molar-refractivity contribution in [2.75, 3.05) is 116 Å². The lowest BCUT2D eigenvalue weighted by molar-refractivity contribution is -0.145. The van der Waals surface area contributed by atoms with Crippen LogP contribution in [0.3, 0.4) is 0 Å². The van der Waals surface area contributed by atoms with Crippen LogP contribution in [-0.4, -0.2) is 196 Å². The first-order valence-electron chi connectivity index (χ1n) is 20.6. The Labute approximate surface area is 394 Å². The third-order valence-electron chi connectivity index (χ3n) is 8.58. The van der Waals surface area contributed by atoms with Gasteiger partial charge in [-0.2, -0.15) is 0 Å². The molecule has 65 heavy (non-hydrogen) atoms. The maximum Gasteiger partial charge on any atom is 0.306 e. The van der Waals surface area contributed by atoms with Crippen molar-refractivity contribution < 1.29 is 81.9 Å². The van der Waals surface area contributed by atoms with Gasteiger partial charge in [-0.15, -0.1) is 23.2 Å². The predicted octanol–water partition coefficient (Wildman–Crippen LogP) is -1.44. The van der Waals surface area contributed by atoms with Gasteiger partial charge < -0.3 is 60.6 Å². The fourth-order valence-electron chi connectivity index (χ4n) is 5.37. The number of ether oxygens (including phenoxy) is 4. The number of carbonyl (C=O) groups excluding carboxylic acids is 9. The summed E-state index contributed by atoms with van der Waals surface area (Å²) in [6.07, 6.45) is -1.74. The number of amides is 6. The van der Waals surface area contributed by atoms with Crippen molar-refractivity contribution in [1.82, 2.24) is 31.5 Å². The van der Waals surface area contributed by atoms with E-state index < -0.39 is 103 Å². The van der Waals surface area contributed by atoms with Gasteiger partial charge >= 0.3 is 11.9 Å². The molecule has 0 aliphatic rings. The standard InChI is InChI=1S/C39H61BrCl2N6O17/c40-20-33(53)47-11-13-63-15-17-65-26-31(51)19-28(39(60)61)3-5-32(52)46-10-12-62-14-16-64-25-30(50)18-27(4-6-37(57)58)38(59)48(23-29(49)2-1-7-43-34(54)21-41)24-36(56)45-9-8-44-35(55)22-42/h27-28H,1-26H2,(H,43,54)(H,44,55)(H,45,56)(H,46,52)(H,47,53)(H,57,58)(H,60,61)/t27-,28-/m0/s1. The van der Waals surface area contributed by atoms with E-state index in [4.69, 9.17) is 42.1 Å². The van der Waals surface area contributed by atoms with E-state index in [-0.39, 0.29) is 134 Å². The molecule has 0 radical (unpaired) electrons. The van der Waals surface area contributed by atoms with Crippen molar-refractivity contribution in [3.05, 3.63) is 0 Å².